The van der Waals surface area contributed by atoms with Crippen LogP contribution in [0, 0.1) is 0 Å². The predicted octanol–water partition coefficient (Wildman–Crippen LogP) is 4.05. The fourth-order valence-corrected chi connectivity index (χ4v) is 4.57. The van der Waals surface area contributed by atoms with Crippen LogP contribution in [0.25, 0.3) is 5.76 Å². The van der Waals surface area contributed by atoms with Gasteiger partial charge in [-0.25, -0.2) is 0 Å². The van der Waals surface area contributed by atoms with Gasteiger partial charge in [0.05, 0.1) is 24.8 Å². The van der Waals surface area contributed by atoms with E-state index in [-0.39, 0.29) is 11.3 Å². The van der Waals surface area contributed by atoms with Crippen LogP contribution in [-0.4, -0.2) is 66.0 Å². The van der Waals surface area contributed by atoms with E-state index in [0.29, 0.717) is 17.1 Å². The Balaban J connectivity index is 1.66. The van der Waals surface area contributed by atoms with Crippen molar-refractivity contribution in [2.24, 2.45) is 0 Å². The highest BCUT2D eigenvalue weighted by Gasteiger charge is 2.45. The minimum atomic E-state index is -0.654. The van der Waals surface area contributed by atoms with E-state index in [0.717, 1.165) is 51.3 Å². The molecule has 1 amide bonds. The van der Waals surface area contributed by atoms with Gasteiger partial charge in [-0.2, -0.15) is 0 Å². The Morgan fingerprint density at radius 1 is 1.03 bits per heavy atom. The zero-order valence-corrected chi connectivity index (χ0v) is 19.6. The van der Waals surface area contributed by atoms with E-state index in [2.05, 4.69) is 11.8 Å². The van der Waals surface area contributed by atoms with Gasteiger partial charge in [-0.15, -0.1) is 0 Å². The number of ketones is 1. The van der Waals surface area contributed by atoms with Gasteiger partial charge < -0.3 is 14.7 Å². The number of aliphatic hydroxyl groups is 1. The number of benzene rings is 2. The van der Waals surface area contributed by atoms with E-state index in [4.69, 9.17) is 16.3 Å². The highest BCUT2D eigenvalue weighted by atomic mass is 35.5. The molecule has 1 atom stereocenters. The van der Waals surface area contributed by atoms with Gasteiger partial charge in [0.1, 0.15) is 5.76 Å². The Morgan fingerprint density at radius 2 is 1.70 bits per heavy atom. The molecule has 2 aliphatic rings. The SMILES string of the molecule is CCc1ccc([C@@H]2/C(=C(\O)c3ccc(Cl)cc3)C(=O)C(=O)N2CCCN2CCOCC2)cc1. The molecule has 0 aliphatic carbocycles. The Hall–Kier alpha value is -2.67. The fraction of sp³-hybridized carbons (Fsp3) is 0.385. The highest BCUT2D eigenvalue weighted by molar-refractivity contribution is 6.46. The second-order valence-electron chi connectivity index (χ2n) is 8.40. The van der Waals surface area contributed by atoms with Gasteiger partial charge >= 0.3 is 0 Å². The molecule has 0 saturated carbocycles. The van der Waals surface area contributed by atoms with E-state index in [1.807, 2.05) is 24.3 Å². The summed E-state index contributed by atoms with van der Waals surface area (Å²) in [6, 6.07) is 13.9. The first-order valence-corrected chi connectivity index (χ1v) is 11.8. The molecule has 174 valence electrons. The van der Waals surface area contributed by atoms with Gasteiger partial charge in [-0.3, -0.25) is 14.5 Å². The minimum Gasteiger partial charge on any atom is -0.507 e. The van der Waals surface area contributed by atoms with Crippen LogP contribution in [0.2, 0.25) is 5.02 Å². The molecular formula is C26H29ClN2O4. The van der Waals surface area contributed by atoms with E-state index in [9.17, 15) is 14.7 Å². The molecule has 2 heterocycles. The van der Waals surface area contributed by atoms with Crippen molar-refractivity contribution in [3.63, 3.8) is 0 Å². The number of nitrogens with zero attached hydrogens (tertiary/aromatic N) is 2. The highest BCUT2D eigenvalue weighted by Crippen LogP contribution is 2.39. The number of amides is 1. The third-order valence-corrected chi connectivity index (χ3v) is 6.59. The first kappa shape index (κ1) is 23.5. The number of halogens is 1. The van der Waals surface area contributed by atoms with Crippen molar-refractivity contribution in [3.05, 3.63) is 75.8 Å². The van der Waals surface area contributed by atoms with Crippen LogP contribution < -0.4 is 0 Å². The summed E-state index contributed by atoms with van der Waals surface area (Å²) in [5.74, 6) is -1.40. The summed E-state index contributed by atoms with van der Waals surface area (Å²) in [7, 11) is 0. The lowest BCUT2D eigenvalue weighted by Crippen LogP contribution is -2.38. The van der Waals surface area contributed by atoms with Crippen LogP contribution >= 0.6 is 11.6 Å². The zero-order chi connectivity index (χ0) is 23.4. The van der Waals surface area contributed by atoms with Crippen molar-refractivity contribution < 1.29 is 19.4 Å². The van der Waals surface area contributed by atoms with Crippen LogP contribution in [0.4, 0.5) is 0 Å². The summed E-state index contributed by atoms with van der Waals surface area (Å²) in [6.45, 7) is 6.51. The number of likely N-dealkylation sites (tertiary alicyclic amines) is 1. The molecule has 7 heteroatoms. The van der Waals surface area contributed by atoms with Gasteiger partial charge in [0.2, 0.25) is 0 Å². The Bertz CT molecular complexity index is 1030. The van der Waals surface area contributed by atoms with Crippen LogP contribution in [0.3, 0.4) is 0 Å². The summed E-state index contributed by atoms with van der Waals surface area (Å²) in [5, 5.41) is 11.6. The van der Waals surface area contributed by atoms with Crippen molar-refractivity contribution in [2.75, 3.05) is 39.4 Å². The van der Waals surface area contributed by atoms with E-state index in [1.54, 1.807) is 29.2 Å². The second-order valence-corrected chi connectivity index (χ2v) is 8.84. The number of carbonyl (C=O) groups is 2. The van der Waals surface area contributed by atoms with Crippen molar-refractivity contribution in [2.45, 2.75) is 25.8 Å². The fourth-order valence-electron chi connectivity index (χ4n) is 4.45. The molecule has 6 nitrogen and oxygen atoms in total. The van der Waals surface area contributed by atoms with Gasteiger partial charge in [-0.05, 0) is 48.2 Å². The predicted molar refractivity (Wildman–Crippen MR) is 128 cm³/mol. The summed E-state index contributed by atoms with van der Waals surface area (Å²) >= 11 is 5.99. The lowest BCUT2D eigenvalue weighted by Gasteiger charge is -2.29. The van der Waals surface area contributed by atoms with Crippen LogP contribution in [0.15, 0.2) is 54.1 Å². The Morgan fingerprint density at radius 3 is 2.33 bits per heavy atom. The number of ether oxygens (including phenoxy) is 1. The van der Waals surface area contributed by atoms with E-state index < -0.39 is 17.7 Å². The molecule has 0 bridgehead atoms. The van der Waals surface area contributed by atoms with Crippen molar-refractivity contribution in [3.8, 4) is 0 Å². The number of hydrogen-bond donors (Lipinski definition) is 1. The van der Waals surface area contributed by atoms with Gasteiger partial charge in [-0.1, -0.05) is 42.8 Å². The molecule has 33 heavy (non-hydrogen) atoms. The number of aliphatic hydroxyl groups excluding tert-OH is 1. The number of hydrogen-bond acceptors (Lipinski definition) is 5. The summed E-state index contributed by atoms with van der Waals surface area (Å²) in [5.41, 5.74) is 2.56. The van der Waals surface area contributed by atoms with Crippen LogP contribution in [-0.2, 0) is 20.7 Å². The molecule has 0 spiro atoms. The number of carbonyl (C=O) groups excluding carboxylic acids is 2. The van der Waals surface area contributed by atoms with E-state index >= 15 is 0 Å². The maximum Gasteiger partial charge on any atom is 0.295 e. The minimum absolute atomic E-state index is 0.123. The molecule has 2 aliphatic heterocycles. The molecule has 2 aromatic carbocycles. The van der Waals surface area contributed by atoms with Crippen molar-refractivity contribution in [1.29, 1.82) is 0 Å². The number of morpholine rings is 1. The van der Waals surface area contributed by atoms with Crippen molar-refractivity contribution in [1.82, 2.24) is 9.80 Å². The summed E-state index contributed by atoms with van der Waals surface area (Å²) < 4.78 is 5.40. The summed E-state index contributed by atoms with van der Waals surface area (Å²) in [4.78, 5) is 30.1. The third kappa shape index (κ3) is 5.13. The van der Waals surface area contributed by atoms with Gasteiger partial charge in [0, 0.05) is 36.8 Å². The van der Waals surface area contributed by atoms with E-state index in [1.165, 1.54) is 5.56 Å². The molecule has 2 aromatic rings. The number of Topliss-reactive ketones (excluding diaryl/α,β-unsaturated/α-hetero) is 1. The van der Waals surface area contributed by atoms with Gasteiger partial charge in [0.15, 0.2) is 0 Å². The lowest BCUT2D eigenvalue weighted by atomic mass is 9.94. The molecular weight excluding hydrogens is 440 g/mol. The quantitative estimate of drug-likeness (QED) is 0.377. The Kier molecular flexibility index (Phi) is 7.48. The molecule has 2 saturated heterocycles. The topological polar surface area (TPSA) is 70.1 Å². The maximum atomic E-state index is 13.1. The Labute approximate surface area is 199 Å². The van der Waals surface area contributed by atoms with Crippen molar-refractivity contribution >= 4 is 29.1 Å². The maximum absolute atomic E-state index is 13.1. The largest absolute Gasteiger partial charge is 0.507 e. The first-order chi connectivity index (χ1) is 16.0. The molecule has 0 aromatic heterocycles. The monoisotopic (exact) mass is 468 g/mol. The van der Waals surface area contributed by atoms with Gasteiger partial charge in [0.25, 0.3) is 11.7 Å². The number of rotatable bonds is 7. The lowest BCUT2D eigenvalue weighted by molar-refractivity contribution is -0.140. The van der Waals surface area contributed by atoms with Crippen LogP contribution in [0.5, 0.6) is 0 Å². The normalized spacial score (nSPS) is 21.0. The molecule has 0 unspecified atom stereocenters. The zero-order valence-electron chi connectivity index (χ0n) is 18.8. The third-order valence-electron chi connectivity index (χ3n) is 6.34. The average Bonchev–Trinajstić information content (AvgIpc) is 3.10. The molecule has 2 fully saturated rings. The molecule has 1 N–H and O–H groups in total. The summed E-state index contributed by atoms with van der Waals surface area (Å²) in [6.07, 6.45) is 1.63. The standard InChI is InChI=1S/C26H29ClN2O4/c1-2-18-4-6-19(7-5-18)23-22(24(30)20-8-10-21(27)11-9-20)25(31)26(32)29(23)13-3-12-28-14-16-33-17-15-28/h4-11,23,30H,2-3,12-17H2,1H3/b24-22+/t23-/m1/s1. The second kappa shape index (κ2) is 10.5. The van der Waals surface area contributed by atoms with Crippen LogP contribution in [0.1, 0.15) is 36.1 Å². The smallest absolute Gasteiger partial charge is 0.295 e. The average molecular weight is 469 g/mol. The molecule has 0 radical (unpaired) electrons. The molecule has 4 rings (SSSR count). The first-order valence-electron chi connectivity index (χ1n) is 11.4. The number of aryl methyl sites for hydroxylation is 1.